The summed E-state index contributed by atoms with van der Waals surface area (Å²) in [4.78, 5) is 10.5. The van der Waals surface area contributed by atoms with E-state index in [9.17, 15) is 14.5 Å². The van der Waals surface area contributed by atoms with Crippen LogP contribution >= 0.6 is 15.9 Å². The molecule has 0 amide bonds. The molecular weight excluding hydrogens is 327 g/mol. The lowest BCUT2D eigenvalue weighted by atomic mass is 10.1. The number of nitrogens with zero attached hydrogens (tertiary/aromatic N) is 1. The molecular formula is C14H12BrFN2O2. The fourth-order valence-electron chi connectivity index (χ4n) is 1.85. The molecule has 1 atom stereocenters. The van der Waals surface area contributed by atoms with Crippen LogP contribution in [0.4, 0.5) is 15.8 Å². The predicted octanol–water partition coefficient (Wildman–Crippen LogP) is 4.67. The molecule has 2 aromatic rings. The number of nitro benzene ring substituents is 1. The van der Waals surface area contributed by atoms with Crippen LogP contribution in [0.1, 0.15) is 18.5 Å². The van der Waals surface area contributed by atoms with Crippen molar-refractivity contribution < 1.29 is 9.31 Å². The van der Waals surface area contributed by atoms with Gasteiger partial charge in [-0.15, -0.1) is 0 Å². The highest BCUT2D eigenvalue weighted by Gasteiger charge is 2.15. The normalized spacial score (nSPS) is 11.9. The van der Waals surface area contributed by atoms with Gasteiger partial charge in [-0.25, -0.2) is 4.39 Å². The Hall–Kier alpha value is -1.95. The summed E-state index contributed by atoms with van der Waals surface area (Å²) in [5.74, 6) is -0.341. The molecule has 0 bridgehead atoms. The fourth-order valence-corrected chi connectivity index (χ4v) is 2.25. The van der Waals surface area contributed by atoms with Crippen LogP contribution in [0.15, 0.2) is 46.9 Å². The first-order chi connectivity index (χ1) is 9.49. The van der Waals surface area contributed by atoms with E-state index in [1.165, 1.54) is 12.1 Å². The Balaban J connectivity index is 2.25. The topological polar surface area (TPSA) is 55.2 Å². The average molecular weight is 339 g/mol. The highest BCUT2D eigenvalue weighted by atomic mass is 79.9. The summed E-state index contributed by atoms with van der Waals surface area (Å²) in [6, 6.07) is 10.9. The second kappa shape index (κ2) is 6.00. The molecule has 0 spiro atoms. The number of hydrogen-bond acceptors (Lipinski definition) is 3. The van der Waals surface area contributed by atoms with E-state index < -0.39 is 4.92 Å². The molecule has 4 nitrogen and oxygen atoms in total. The Labute approximate surface area is 123 Å². The van der Waals surface area contributed by atoms with Gasteiger partial charge in [0, 0.05) is 12.1 Å². The van der Waals surface area contributed by atoms with Crippen molar-refractivity contribution in [3.63, 3.8) is 0 Å². The minimum Gasteiger partial charge on any atom is -0.373 e. The lowest BCUT2D eigenvalue weighted by molar-refractivity contribution is -0.384. The molecule has 1 unspecified atom stereocenters. The first kappa shape index (κ1) is 14.5. The second-order valence-electron chi connectivity index (χ2n) is 4.31. The molecule has 104 valence electrons. The summed E-state index contributed by atoms with van der Waals surface area (Å²) in [5, 5.41) is 14.0. The van der Waals surface area contributed by atoms with Crippen LogP contribution in [0, 0.1) is 15.9 Å². The summed E-state index contributed by atoms with van der Waals surface area (Å²) < 4.78 is 13.6. The molecule has 0 fully saturated rings. The third kappa shape index (κ3) is 3.14. The van der Waals surface area contributed by atoms with Gasteiger partial charge >= 0.3 is 0 Å². The van der Waals surface area contributed by atoms with Crippen molar-refractivity contribution in [1.82, 2.24) is 0 Å². The van der Waals surface area contributed by atoms with E-state index in [1.54, 1.807) is 30.3 Å². The Morgan fingerprint density at radius 2 is 2.00 bits per heavy atom. The molecule has 0 aliphatic rings. The first-order valence-corrected chi connectivity index (χ1v) is 6.73. The van der Waals surface area contributed by atoms with Crippen molar-refractivity contribution in [3.8, 4) is 0 Å². The van der Waals surface area contributed by atoms with Crippen molar-refractivity contribution in [3.05, 3.63) is 68.4 Å². The predicted molar refractivity (Wildman–Crippen MR) is 79.2 cm³/mol. The molecule has 0 saturated carbocycles. The SMILES string of the molecule is CC(Nc1ccccc1[N+](=O)[O-])c1ccc(F)c(Br)c1. The molecule has 20 heavy (non-hydrogen) atoms. The van der Waals surface area contributed by atoms with Gasteiger partial charge < -0.3 is 5.32 Å². The van der Waals surface area contributed by atoms with E-state index in [2.05, 4.69) is 21.2 Å². The van der Waals surface area contributed by atoms with Gasteiger partial charge in [-0.3, -0.25) is 10.1 Å². The molecule has 0 aliphatic carbocycles. The molecule has 0 radical (unpaired) electrons. The van der Waals surface area contributed by atoms with Gasteiger partial charge in [0.15, 0.2) is 0 Å². The van der Waals surface area contributed by atoms with E-state index in [4.69, 9.17) is 0 Å². The molecule has 6 heteroatoms. The summed E-state index contributed by atoms with van der Waals surface area (Å²) >= 11 is 3.13. The van der Waals surface area contributed by atoms with Gasteiger partial charge in [-0.2, -0.15) is 0 Å². The van der Waals surface area contributed by atoms with Gasteiger partial charge in [0.1, 0.15) is 11.5 Å². The largest absolute Gasteiger partial charge is 0.373 e. The molecule has 2 aromatic carbocycles. The van der Waals surface area contributed by atoms with Crippen LogP contribution < -0.4 is 5.32 Å². The highest BCUT2D eigenvalue weighted by Crippen LogP contribution is 2.29. The molecule has 0 aliphatic heterocycles. The number of benzene rings is 2. The summed E-state index contributed by atoms with van der Waals surface area (Å²) in [6.07, 6.45) is 0. The lowest BCUT2D eigenvalue weighted by Crippen LogP contribution is -2.08. The van der Waals surface area contributed by atoms with Gasteiger partial charge in [0.25, 0.3) is 5.69 Å². The van der Waals surface area contributed by atoms with E-state index in [0.29, 0.717) is 10.2 Å². The number of hydrogen-bond donors (Lipinski definition) is 1. The van der Waals surface area contributed by atoms with E-state index in [1.807, 2.05) is 6.92 Å². The maximum Gasteiger partial charge on any atom is 0.292 e. The van der Waals surface area contributed by atoms with E-state index >= 15 is 0 Å². The number of halogens is 2. The molecule has 2 rings (SSSR count). The molecule has 0 aromatic heterocycles. The minimum atomic E-state index is -0.435. The fraction of sp³-hybridized carbons (Fsp3) is 0.143. The van der Waals surface area contributed by atoms with Crippen molar-refractivity contribution in [2.24, 2.45) is 0 Å². The zero-order chi connectivity index (χ0) is 14.7. The Morgan fingerprint density at radius 1 is 1.30 bits per heavy atom. The first-order valence-electron chi connectivity index (χ1n) is 5.94. The monoisotopic (exact) mass is 338 g/mol. The zero-order valence-electron chi connectivity index (χ0n) is 10.6. The van der Waals surface area contributed by atoms with Crippen molar-refractivity contribution >= 4 is 27.3 Å². The molecule has 1 N–H and O–H groups in total. The lowest BCUT2D eigenvalue weighted by Gasteiger charge is -2.16. The summed E-state index contributed by atoms with van der Waals surface area (Å²) in [6.45, 7) is 1.86. The van der Waals surface area contributed by atoms with E-state index in [-0.39, 0.29) is 17.5 Å². The van der Waals surface area contributed by atoms with Gasteiger partial charge in [0.05, 0.1) is 9.40 Å². The van der Waals surface area contributed by atoms with Crippen LogP contribution in [0.25, 0.3) is 0 Å². The molecule has 0 heterocycles. The Morgan fingerprint density at radius 3 is 2.65 bits per heavy atom. The number of para-hydroxylation sites is 2. The van der Waals surface area contributed by atoms with Gasteiger partial charge in [-0.05, 0) is 46.6 Å². The maximum atomic E-state index is 13.2. The van der Waals surface area contributed by atoms with Crippen molar-refractivity contribution in [2.45, 2.75) is 13.0 Å². The average Bonchev–Trinajstić information content (AvgIpc) is 2.42. The molecule has 0 saturated heterocycles. The van der Waals surface area contributed by atoms with Gasteiger partial charge in [0.2, 0.25) is 0 Å². The minimum absolute atomic E-state index is 0.0144. The standard InChI is InChI=1S/C14H12BrFN2O2/c1-9(10-6-7-12(16)11(15)8-10)17-13-4-2-3-5-14(13)18(19)20/h2-9,17H,1H3. The summed E-state index contributed by atoms with van der Waals surface area (Å²) in [5.41, 5.74) is 1.28. The van der Waals surface area contributed by atoms with Crippen molar-refractivity contribution in [2.75, 3.05) is 5.32 Å². The Kier molecular flexibility index (Phi) is 4.34. The smallest absolute Gasteiger partial charge is 0.292 e. The number of rotatable bonds is 4. The Bertz CT molecular complexity index is 649. The summed E-state index contributed by atoms with van der Waals surface area (Å²) in [7, 11) is 0. The van der Waals surface area contributed by atoms with Crippen LogP contribution in [0.5, 0.6) is 0 Å². The third-order valence-electron chi connectivity index (χ3n) is 2.92. The van der Waals surface area contributed by atoms with Crippen molar-refractivity contribution in [1.29, 1.82) is 0 Å². The zero-order valence-corrected chi connectivity index (χ0v) is 12.2. The maximum absolute atomic E-state index is 13.2. The third-order valence-corrected chi connectivity index (χ3v) is 3.52. The van der Waals surface area contributed by atoms with Gasteiger partial charge in [-0.1, -0.05) is 18.2 Å². The van der Waals surface area contributed by atoms with Crippen LogP contribution in [-0.2, 0) is 0 Å². The highest BCUT2D eigenvalue weighted by molar-refractivity contribution is 9.10. The van der Waals surface area contributed by atoms with Crippen LogP contribution in [-0.4, -0.2) is 4.92 Å². The van der Waals surface area contributed by atoms with E-state index in [0.717, 1.165) is 5.56 Å². The number of nitro groups is 1. The number of nitrogens with one attached hydrogen (secondary N) is 1. The van der Waals surface area contributed by atoms with Crippen LogP contribution in [0.3, 0.4) is 0 Å². The second-order valence-corrected chi connectivity index (χ2v) is 5.17. The quantitative estimate of drug-likeness (QED) is 0.651. The number of anilines is 1. The van der Waals surface area contributed by atoms with Crippen LogP contribution in [0.2, 0.25) is 0 Å².